The Kier molecular flexibility index (Phi) is 3.31. The fourth-order valence-corrected chi connectivity index (χ4v) is 1.61. The van der Waals surface area contributed by atoms with Gasteiger partial charge in [-0.2, -0.15) is 0 Å². The molecule has 1 rings (SSSR count). The van der Waals surface area contributed by atoms with E-state index < -0.39 is 0 Å². The summed E-state index contributed by atoms with van der Waals surface area (Å²) in [7, 11) is 0. The molecule has 0 saturated carbocycles. The minimum atomic E-state index is 0.174. The van der Waals surface area contributed by atoms with Crippen LogP contribution in [0.15, 0.2) is 0 Å². The number of amides is 1. The third kappa shape index (κ3) is 2.69. The fraction of sp³-hybridized carbons (Fsp3) is 0.900. The minimum absolute atomic E-state index is 0.174. The van der Waals surface area contributed by atoms with Gasteiger partial charge < -0.3 is 9.64 Å². The molecule has 1 heterocycles. The second kappa shape index (κ2) is 4.09. The minimum Gasteiger partial charge on any atom is -0.375 e. The summed E-state index contributed by atoms with van der Waals surface area (Å²) in [5, 5.41) is 0. The lowest BCUT2D eigenvalue weighted by molar-refractivity contribution is -0.140. The van der Waals surface area contributed by atoms with E-state index in [1.165, 1.54) is 0 Å². The third-order valence-electron chi connectivity index (χ3n) is 2.51. The van der Waals surface area contributed by atoms with Crippen molar-refractivity contribution in [1.82, 2.24) is 4.90 Å². The van der Waals surface area contributed by atoms with E-state index in [1.54, 1.807) is 6.92 Å². The maximum absolute atomic E-state index is 10.9. The number of nitrogens with zero attached hydrogens (tertiary/aromatic N) is 1. The molecule has 1 unspecified atom stereocenters. The van der Waals surface area contributed by atoms with Gasteiger partial charge in [0.25, 0.3) is 0 Å². The highest BCUT2D eigenvalue weighted by Gasteiger charge is 2.33. The highest BCUT2D eigenvalue weighted by molar-refractivity contribution is 5.74. The average molecular weight is 185 g/mol. The van der Waals surface area contributed by atoms with E-state index in [0.717, 1.165) is 13.1 Å². The Labute approximate surface area is 80.1 Å². The van der Waals surface area contributed by atoms with Gasteiger partial charge in [-0.25, -0.2) is 0 Å². The van der Waals surface area contributed by atoms with Crippen molar-refractivity contribution in [3.05, 3.63) is 0 Å². The lowest BCUT2D eigenvalue weighted by Gasteiger charge is -2.42. The summed E-state index contributed by atoms with van der Waals surface area (Å²) < 4.78 is 5.64. The van der Waals surface area contributed by atoms with Crippen LogP contribution in [0.5, 0.6) is 0 Å². The molecule has 0 aromatic rings. The zero-order chi connectivity index (χ0) is 10.0. The van der Waals surface area contributed by atoms with Crippen molar-refractivity contribution in [3.8, 4) is 0 Å². The van der Waals surface area contributed by atoms with E-state index in [2.05, 4.69) is 6.92 Å². The zero-order valence-corrected chi connectivity index (χ0v) is 8.91. The smallest absolute Gasteiger partial charge is 0.219 e. The molecule has 1 fully saturated rings. The summed E-state index contributed by atoms with van der Waals surface area (Å²) in [5.41, 5.74) is 0. The Morgan fingerprint density at radius 2 is 1.92 bits per heavy atom. The molecule has 3 heteroatoms. The van der Waals surface area contributed by atoms with Crippen molar-refractivity contribution in [3.63, 3.8) is 0 Å². The van der Waals surface area contributed by atoms with Gasteiger partial charge >= 0.3 is 0 Å². The lowest BCUT2D eigenvalue weighted by Crippen LogP contribution is -2.53. The van der Waals surface area contributed by atoms with Gasteiger partial charge in [0, 0.05) is 25.9 Å². The molecule has 1 saturated heterocycles. The van der Waals surface area contributed by atoms with Crippen molar-refractivity contribution in [2.45, 2.75) is 39.9 Å². The number of likely N-dealkylation sites (tertiary alicyclic amines) is 1. The number of carbonyl (C=O) groups excluding carboxylic acids is 1. The molecule has 1 atom stereocenters. The Hall–Kier alpha value is -0.570. The molecule has 1 aliphatic rings. The molecule has 3 nitrogen and oxygen atoms in total. The zero-order valence-electron chi connectivity index (χ0n) is 8.91. The first-order valence-corrected chi connectivity index (χ1v) is 4.91. The predicted octanol–water partition coefficient (Wildman–Crippen LogP) is 1.28. The van der Waals surface area contributed by atoms with Crippen LogP contribution in [-0.2, 0) is 9.53 Å². The van der Waals surface area contributed by atoms with E-state index in [-0.39, 0.29) is 18.1 Å². The number of rotatable bonds is 3. The number of hydrogen-bond donors (Lipinski definition) is 0. The number of hydrogen-bond acceptors (Lipinski definition) is 2. The van der Waals surface area contributed by atoms with Gasteiger partial charge in [0.1, 0.15) is 0 Å². The van der Waals surface area contributed by atoms with Crippen molar-refractivity contribution < 1.29 is 9.53 Å². The van der Waals surface area contributed by atoms with Gasteiger partial charge in [-0.1, -0.05) is 0 Å². The molecule has 0 aliphatic carbocycles. The van der Waals surface area contributed by atoms with Gasteiger partial charge in [-0.05, 0) is 20.8 Å². The van der Waals surface area contributed by atoms with Gasteiger partial charge in [0.05, 0.1) is 12.2 Å². The Bertz CT molecular complexity index is 185. The maximum atomic E-state index is 10.9. The van der Waals surface area contributed by atoms with Gasteiger partial charge in [0.15, 0.2) is 0 Å². The first-order valence-electron chi connectivity index (χ1n) is 4.91. The number of ether oxygens (including phenoxy) is 1. The highest BCUT2D eigenvalue weighted by Crippen LogP contribution is 2.21. The standard InChI is InChI=1S/C10H19NO2/c1-7(2)13-8(3)10-5-11(6-10)9(4)12/h7-8,10H,5-6H2,1-4H3. The maximum Gasteiger partial charge on any atom is 0.219 e. The molecule has 0 aromatic heterocycles. The van der Waals surface area contributed by atoms with Crippen LogP contribution < -0.4 is 0 Å². The molecule has 0 bridgehead atoms. The van der Waals surface area contributed by atoms with E-state index in [0.29, 0.717) is 5.92 Å². The molecule has 1 amide bonds. The second-order valence-corrected chi connectivity index (χ2v) is 4.07. The summed E-state index contributed by atoms with van der Waals surface area (Å²) in [6.07, 6.45) is 0.553. The normalized spacial score (nSPS) is 20.2. The molecular weight excluding hydrogens is 166 g/mol. The van der Waals surface area contributed by atoms with E-state index in [1.807, 2.05) is 18.7 Å². The third-order valence-corrected chi connectivity index (χ3v) is 2.51. The summed E-state index contributed by atoms with van der Waals surface area (Å²) in [5.74, 6) is 0.708. The Morgan fingerprint density at radius 3 is 2.31 bits per heavy atom. The summed E-state index contributed by atoms with van der Waals surface area (Å²) in [6.45, 7) is 9.51. The van der Waals surface area contributed by atoms with E-state index in [4.69, 9.17) is 4.74 Å². The van der Waals surface area contributed by atoms with Crippen LogP contribution in [0.2, 0.25) is 0 Å². The summed E-state index contributed by atoms with van der Waals surface area (Å²) in [4.78, 5) is 12.8. The summed E-state index contributed by atoms with van der Waals surface area (Å²) >= 11 is 0. The predicted molar refractivity (Wildman–Crippen MR) is 51.4 cm³/mol. The van der Waals surface area contributed by atoms with E-state index in [9.17, 15) is 4.79 Å². The quantitative estimate of drug-likeness (QED) is 0.663. The van der Waals surface area contributed by atoms with Crippen LogP contribution in [0, 0.1) is 5.92 Å². The second-order valence-electron chi connectivity index (χ2n) is 4.07. The van der Waals surface area contributed by atoms with Crippen molar-refractivity contribution in [2.24, 2.45) is 5.92 Å². The van der Waals surface area contributed by atoms with E-state index >= 15 is 0 Å². The molecule has 0 N–H and O–H groups in total. The van der Waals surface area contributed by atoms with Gasteiger partial charge in [-0.15, -0.1) is 0 Å². The summed E-state index contributed by atoms with van der Waals surface area (Å²) in [6, 6.07) is 0. The van der Waals surface area contributed by atoms with Crippen molar-refractivity contribution in [2.75, 3.05) is 13.1 Å². The van der Waals surface area contributed by atoms with Gasteiger partial charge in [0.2, 0.25) is 5.91 Å². The van der Waals surface area contributed by atoms with Crippen molar-refractivity contribution in [1.29, 1.82) is 0 Å². The van der Waals surface area contributed by atoms with Crippen molar-refractivity contribution >= 4 is 5.91 Å². The largest absolute Gasteiger partial charge is 0.375 e. The molecular formula is C10H19NO2. The average Bonchev–Trinajstić information content (AvgIpc) is 1.79. The highest BCUT2D eigenvalue weighted by atomic mass is 16.5. The van der Waals surface area contributed by atoms with Crippen LogP contribution in [0.25, 0.3) is 0 Å². The molecule has 1 aliphatic heterocycles. The van der Waals surface area contributed by atoms with Crippen LogP contribution >= 0.6 is 0 Å². The SMILES string of the molecule is CC(=O)N1CC(C(C)OC(C)C)C1. The Morgan fingerprint density at radius 1 is 1.38 bits per heavy atom. The molecule has 13 heavy (non-hydrogen) atoms. The number of carbonyl (C=O) groups is 1. The van der Waals surface area contributed by atoms with Crippen LogP contribution in [0.3, 0.4) is 0 Å². The molecule has 0 spiro atoms. The molecule has 0 radical (unpaired) electrons. The molecule has 76 valence electrons. The lowest BCUT2D eigenvalue weighted by atomic mass is 9.94. The monoisotopic (exact) mass is 185 g/mol. The van der Waals surface area contributed by atoms with Crippen LogP contribution in [0.1, 0.15) is 27.7 Å². The topological polar surface area (TPSA) is 29.5 Å². The van der Waals surface area contributed by atoms with Gasteiger partial charge in [-0.3, -0.25) is 4.79 Å². The van der Waals surface area contributed by atoms with Crippen LogP contribution in [-0.4, -0.2) is 36.1 Å². The fourth-order valence-electron chi connectivity index (χ4n) is 1.61. The first-order chi connectivity index (χ1) is 6.00. The van der Waals surface area contributed by atoms with Crippen LogP contribution in [0.4, 0.5) is 0 Å². The first kappa shape index (κ1) is 10.5. The Balaban J connectivity index is 2.23. The molecule has 0 aromatic carbocycles.